The van der Waals surface area contributed by atoms with Gasteiger partial charge in [-0.3, -0.25) is 4.90 Å². The van der Waals surface area contributed by atoms with Gasteiger partial charge in [0.2, 0.25) is 0 Å². The Balaban J connectivity index is 1.46. The number of hydrogen-bond acceptors (Lipinski definition) is 7. The standard InChI is InChI=1S/C23H28N4O4/c1-15(2)18-12-19(22(29)13-21(18)28)23-20-14-26(8-9-27(20)25-24-23)10-11-31-17-6-4-16(30-3)5-7-17/h4-7,12-13,15,28-29H,8-11,14H2,1-3H3. The van der Waals surface area contributed by atoms with Crippen LogP contribution in [0.3, 0.4) is 0 Å². The Kier molecular flexibility index (Phi) is 5.99. The van der Waals surface area contributed by atoms with E-state index in [1.54, 1.807) is 7.11 Å². The predicted octanol–water partition coefficient (Wildman–Crippen LogP) is 3.38. The van der Waals surface area contributed by atoms with E-state index in [1.165, 1.54) is 6.07 Å². The third kappa shape index (κ3) is 4.44. The van der Waals surface area contributed by atoms with Gasteiger partial charge in [0.1, 0.15) is 35.3 Å². The smallest absolute Gasteiger partial charge is 0.128 e. The molecule has 164 valence electrons. The number of phenols is 2. The zero-order valence-electron chi connectivity index (χ0n) is 18.1. The van der Waals surface area contributed by atoms with Gasteiger partial charge in [-0.2, -0.15) is 0 Å². The topological polar surface area (TPSA) is 92.9 Å². The van der Waals surface area contributed by atoms with E-state index in [9.17, 15) is 10.2 Å². The molecule has 0 bridgehead atoms. The van der Waals surface area contributed by atoms with Crippen molar-refractivity contribution < 1.29 is 19.7 Å². The Hall–Kier alpha value is -3.26. The number of fused-ring (bicyclic) bond motifs is 1. The van der Waals surface area contributed by atoms with Crippen molar-refractivity contribution in [3.05, 3.63) is 47.7 Å². The molecular weight excluding hydrogens is 396 g/mol. The van der Waals surface area contributed by atoms with Crippen molar-refractivity contribution in [2.24, 2.45) is 0 Å². The highest BCUT2D eigenvalue weighted by molar-refractivity contribution is 5.71. The van der Waals surface area contributed by atoms with E-state index in [1.807, 2.05) is 48.9 Å². The molecule has 1 aliphatic heterocycles. The Bertz CT molecular complexity index is 1050. The molecule has 0 fully saturated rings. The summed E-state index contributed by atoms with van der Waals surface area (Å²) in [7, 11) is 1.64. The molecule has 0 amide bonds. The van der Waals surface area contributed by atoms with Crippen LogP contribution in [0.15, 0.2) is 36.4 Å². The van der Waals surface area contributed by atoms with Crippen LogP contribution in [-0.4, -0.2) is 56.9 Å². The second-order valence-corrected chi connectivity index (χ2v) is 7.99. The second-order valence-electron chi connectivity index (χ2n) is 7.99. The fraction of sp³-hybridized carbons (Fsp3) is 0.391. The lowest BCUT2D eigenvalue weighted by Crippen LogP contribution is -2.36. The summed E-state index contributed by atoms with van der Waals surface area (Å²) in [6.45, 7) is 7.55. The lowest BCUT2D eigenvalue weighted by molar-refractivity contribution is 0.172. The van der Waals surface area contributed by atoms with Crippen LogP contribution in [0.1, 0.15) is 31.0 Å². The molecule has 2 heterocycles. The largest absolute Gasteiger partial charge is 0.508 e. The molecule has 1 aliphatic rings. The number of aromatic hydroxyl groups is 2. The van der Waals surface area contributed by atoms with Crippen molar-refractivity contribution in [2.75, 3.05) is 26.8 Å². The van der Waals surface area contributed by atoms with Crippen molar-refractivity contribution in [1.29, 1.82) is 0 Å². The normalized spacial score (nSPS) is 13.9. The monoisotopic (exact) mass is 424 g/mol. The minimum atomic E-state index is 0.00478. The van der Waals surface area contributed by atoms with E-state index in [0.717, 1.165) is 42.4 Å². The molecule has 3 aromatic rings. The Morgan fingerprint density at radius 2 is 1.77 bits per heavy atom. The van der Waals surface area contributed by atoms with Gasteiger partial charge in [-0.05, 0) is 41.8 Å². The average molecular weight is 425 g/mol. The fourth-order valence-electron chi connectivity index (χ4n) is 3.81. The average Bonchev–Trinajstić information content (AvgIpc) is 3.17. The van der Waals surface area contributed by atoms with Gasteiger partial charge in [-0.1, -0.05) is 19.1 Å². The van der Waals surface area contributed by atoms with E-state index in [2.05, 4.69) is 15.2 Å². The van der Waals surface area contributed by atoms with E-state index in [4.69, 9.17) is 9.47 Å². The van der Waals surface area contributed by atoms with Crippen LogP contribution in [0, 0.1) is 0 Å². The number of ether oxygens (including phenoxy) is 2. The molecule has 0 aliphatic carbocycles. The fourth-order valence-corrected chi connectivity index (χ4v) is 3.81. The molecule has 4 rings (SSSR count). The molecule has 0 atom stereocenters. The number of methoxy groups -OCH3 is 1. The van der Waals surface area contributed by atoms with Gasteiger partial charge in [-0.25, -0.2) is 4.68 Å². The van der Waals surface area contributed by atoms with E-state index in [0.29, 0.717) is 24.4 Å². The van der Waals surface area contributed by atoms with E-state index < -0.39 is 0 Å². The van der Waals surface area contributed by atoms with E-state index in [-0.39, 0.29) is 17.4 Å². The van der Waals surface area contributed by atoms with E-state index >= 15 is 0 Å². The van der Waals surface area contributed by atoms with Crippen LogP contribution < -0.4 is 9.47 Å². The van der Waals surface area contributed by atoms with Crippen LogP contribution >= 0.6 is 0 Å². The lowest BCUT2D eigenvalue weighted by Gasteiger charge is -2.27. The molecule has 0 saturated heterocycles. The maximum Gasteiger partial charge on any atom is 0.128 e. The third-order valence-electron chi connectivity index (χ3n) is 5.60. The van der Waals surface area contributed by atoms with Crippen LogP contribution in [0.4, 0.5) is 0 Å². The van der Waals surface area contributed by atoms with Gasteiger partial charge in [0.05, 0.1) is 19.3 Å². The summed E-state index contributed by atoms with van der Waals surface area (Å²) in [6.07, 6.45) is 0. The zero-order chi connectivity index (χ0) is 22.0. The first-order valence-corrected chi connectivity index (χ1v) is 10.4. The van der Waals surface area contributed by atoms with Gasteiger partial charge in [0, 0.05) is 31.3 Å². The molecule has 1 aromatic heterocycles. The van der Waals surface area contributed by atoms with Crippen molar-refractivity contribution in [1.82, 2.24) is 19.9 Å². The predicted molar refractivity (Wildman–Crippen MR) is 117 cm³/mol. The summed E-state index contributed by atoms with van der Waals surface area (Å²) >= 11 is 0. The first kappa shape index (κ1) is 21.0. The Morgan fingerprint density at radius 3 is 2.48 bits per heavy atom. The number of rotatable bonds is 7. The number of nitrogens with zero attached hydrogens (tertiary/aromatic N) is 4. The molecule has 0 saturated carbocycles. The summed E-state index contributed by atoms with van der Waals surface area (Å²) in [5.41, 5.74) is 2.97. The van der Waals surface area contributed by atoms with Gasteiger partial charge in [-0.15, -0.1) is 5.10 Å². The lowest BCUT2D eigenvalue weighted by atomic mass is 9.97. The Labute approximate surface area is 181 Å². The zero-order valence-corrected chi connectivity index (χ0v) is 18.1. The molecular formula is C23H28N4O4. The first-order valence-electron chi connectivity index (χ1n) is 10.4. The quantitative estimate of drug-likeness (QED) is 0.601. The maximum atomic E-state index is 10.5. The minimum absolute atomic E-state index is 0.00478. The molecule has 8 heteroatoms. The van der Waals surface area contributed by atoms with Crippen LogP contribution in [0.5, 0.6) is 23.0 Å². The summed E-state index contributed by atoms with van der Waals surface area (Å²) in [4.78, 5) is 2.28. The molecule has 0 unspecified atom stereocenters. The van der Waals surface area contributed by atoms with Crippen molar-refractivity contribution >= 4 is 0 Å². The summed E-state index contributed by atoms with van der Waals surface area (Å²) in [5, 5.41) is 29.2. The van der Waals surface area contributed by atoms with Gasteiger partial charge < -0.3 is 19.7 Å². The summed E-state index contributed by atoms with van der Waals surface area (Å²) in [5.74, 6) is 1.83. The molecule has 2 aromatic carbocycles. The molecule has 0 radical (unpaired) electrons. The summed E-state index contributed by atoms with van der Waals surface area (Å²) < 4.78 is 12.9. The number of hydrogen-bond donors (Lipinski definition) is 2. The number of phenolic OH excluding ortho intramolecular Hbond substituents is 2. The van der Waals surface area contributed by atoms with Crippen molar-refractivity contribution in [3.63, 3.8) is 0 Å². The number of aromatic nitrogens is 3. The third-order valence-corrected chi connectivity index (χ3v) is 5.60. The first-order chi connectivity index (χ1) is 15.0. The molecule has 8 nitrogen and oxygen atoms in total. The highest BCUT2D eigenvalue weighted by Crippen LogP contribution is 2.38. The summed E-state index contributed by atoms with van der Waals surface area (Å²) in [6, 6.07) is 10.7. The van der Waals surface area contributed by atoms with Gasteiger partial charge >= 0.3 is 0 Å². The van der Waals surface area contributed by atoms with Gasteiger partial charge in [0.25, 0.3) is 0 Å². The molecule has 0 spiro atoms. The number of benzene rings is 2. The highest BCUT2D eigenvalue weighted by Gasteiger charge is 2.25. The molecule has 31 heavy (non-hydrogen) atoms. The van der Waals surface area contributed by atoms with Crippen LogP contribution in [0.2, 0.25) is 0 Å². The SMILES string of the molecule is COc1ccc(OCCN2CCn3nnc(-c4cc(C(C)C)c(O)cc4O)c3C2)cc1. The van der Waals surface area contributed by atoms with Gasteiger partial charge in [0.15, 0.2) is 0 Å². The molecule has 2 N–H and O–H groups in total. The van der Waals surface area contributed by atoms with Crippen molar-refractivity contribution in [3.8, 4) is 34.3 Å². The highest BCUT2D eigenvalue weighted by atomic mass is 16.5. The van der Waals surface area contributed by atoms with Crippen LogP contribution in [0.25, 0.3) is 11.3 Å². The minimum Gasteiger partial charge on any atom is -0.508 e. The second kappa shape index (κ2) is 8.85. The Morgan fingerprint density at radius 1 is 1.03 bits per heavy atom. The maximum absolute atomic E-state index is 10.5. The van der Waals surface area contributed by atoms with Crippen molar-refractivity contribution in [2.45, 2.75) is 32.9 Å². The van der Waals surface area contributed by atoms with Crippen LogP contribution in [-0.2, 0) is 13.1 Å².